The summed E-state index contributed by atoms with van der Waals surface area (Å²) in [7, 11) is 1.56. The van der Waals surface area contributed by atoms with E-state index < -0.39 is 17.5 Å². The second-order valence-electron chi connectivity index (χ2n) is 4.25. The van der Waals surface area contributed by atoms with Crippen LogP contribution in [0.15, 0.2) is 0 Å². The van der Waals surface area contributed by atoms with Gasteiger partial charge in [0.05, 0.1) is 12.6 Å². The van der Waals surface area contributed by atoms with Crippen LogP contribution in [0.1, 0.15) is 40.0 Å². The number of carbonyl (C=O) groups is 2. The van der Waals surface area contributed by atoms with Crippen LogP contribution in [0, 0.1) is 0 Å². The number of ether oxygens (including phenoxy) is 1. The minimum Gasteiger partial charge on any atom is -0.480 e. The first-order chi connectivity index (χ1) is 8.45. The maximum absolute atomic E-state index is 11.8. The fraction of sp³-hybridized carbons (Fsp3) is 0.833. The minimum atomic E-state index is -1.20. The first kappa shape index (κ1) is 16.7. The molecule has 1 atom stereocenters. The molecule has 0 aliphatic carbocycles. The molecule has 3 N–H and O–H groups in total. The highest BCUT2D eigenvalue weighted by Gasteiger charge is 2.36. The van der Waals surface area contributed by atoms with Gasteiger partial charge in [-0.25, -0.2) is 9.59 Å². The molecule has 2 amide bonds. The van der Waals surface area contributed by atoms with Gasteiger partial charge in [0.15, 0.2) is 0 Å². The van der Waals surface area contributed by atoms with Gasteiger partial charge in [-0.1, -0.05) is 20.8 Å². The molecule has 0 saturated heterocycles. The van der Waals surface area contributed by atoms with Crippen LogP contribution in [0.25, 0.3) is 0 Å². The van der Waals surface area contributed by atoms with Gasteiger partial charge in [-0.15, -0.1) is 0 Å². The summed E-state index contributed by atoms with van der Waals surface area (Å²) in [5, 5.41) is 14.5. The van der Waals surface area contributed by atoms with E-state index in [0.29, 0.717) is 19.4 Å². The quantitative estimate of drug-likeness (QED) is 0.615. The molecule has 6 heteroatoms. The van der Waals surface area contributed by atoms with Gasteiger partial charge in [-0.2, -0.15) is 0 Å². The number of carboxylic acid groups (broad SMARTS) is 1. The van der Waals surface area contributed by atoms with E-state index in [1.807, 2.05) is 6.92 Å². The Morgan fingerprint density at radius 1 is 1.28 bits per heavy atom. The van der Waals surface area contributed by atoms with Crippen molar-refractivity contribution < 1.29 is 19.4 Å². The molecule has 18 heavy (non-hydrogen) atoms. The number of carboxylic acids is 1. The summed E-state index contributed by atoms with van der Waals surface area (Å²) in [6, 6.07) is -0.583. The number of nitrogens with one attached hydrogen (secondary N) is 2. The maximum atomic E-state index is 11.8. The van der Waals surface area contributed by atoms with Crippen molar-refractivity contribution in [2.24, 2.45) is 0 Å². The molecule has 106 valence electrons. The molecule has 0 aromatic heterocycles. The van der Waals surface area contributed by atoms with Crippen LogP contribution in [0.3, 0.4) is 0 Å². The van der Waals surface area contributed by atoms with Gasteiger partial charge in [0, 0.05) is 7.11 Å². The summed E-state index contributed by atoms with van der Waals surface area (Å²) in [6.07, 6.45) is 1.40. The number of methoxy groups -OCH3 is 1. The lowest BCUT2D eigenvalue weighted by molar-refractivity contribution is -0.144. The molecule has 0 aromatic rings. The molecular formula is C12H24N2O4. The van der Waals surface area contributed by atoms with Crippen LogP contribution in [-0.4, -0.2) is 42.4 Å². The highest BCUT2D eigenvalue weighted by Crippen LogP contribution is 2.15. The zero-order valence-corrected chi connectivity index (χ0v) is 11.6. The van der Waals surface area contributed by atoms with Gasteiger partial charge in [-0.3, -0.25) is 0 Å². The Balaban J connectivity index is 4.56. The van der Waals surface area contributed by atoms with Crippen LogP contribution in [0.4, 0.5) is 4.79 Å². The second-order valence-corrected chi connectivity index (χ2v) is 4.25. The van der Waals surface area contributed by atoms with Crippen molar-refractivity contribution in [3.05, 3.63) is 0 Å². The predicted molar refractivity (Wildman–Crippen MR) is 68.6 cm³/mol. The third-order valence-corrected chi connectivity index (χ3v) is 3.17. The third-order valence-electron chi connectivity index (χ3n) is 3.17. The van der Waals surface area contributed by atoms with E-state index in [2.05, 4.69) is 10.6 Å². The van der Waals surface area contributed by atoms with Gasteiger partial charge in [0.2, 0.25) is 0 Å². The average molecular weight is 260 g/mol. The van der Waals surface area contributed by atoms with Crippen molar-refractivity contribution in [1.82, 2.24) is 10.6 Å². The first-order valence-electron chi connectivity index (χ1n) is 6.26. The number of hydrogen-bond donors (Lipinski definition) is 3. The van der Waals surface area contributed by atoms with Crippen LogP contribution in [-0.2, 0) is 9.53 Å². The number of urea groups is 1. The van der Waals surface area contributed by atoms with Crippen molar-refractivity contribution >= 4 is 12.0 Å². The van der Waals surface area contributed by atoms with Gasteiger partial charge in [-0.05, 0) is 19.3 Å². The van der Waals surface area contributed by atoms with Gasteiger partial charge in [0.25, 0.3) is 0 Å². The zero-order valence-electron chi connectivity index (χ0n) is 11.6. The maximum Gasteiger partial charge on any atom is 0.329 e. The van der Waals surface area contributed by atoms with E-state index >= 15 is 0 Å². The highest BCUT2D eigenvalue weighted by atomic mass is 16.5. The number of amides is 2. The third kappa shape index (κ3) is 4.52. The molecule has 0 aromatic carbocycles. The fourth-order valence-electron chi connectivity index (χ4n) is 1.68. The zero-order chi connectivity index (χ0) is 14.2. The number of carbonyl (C=O) groups excluding carboxylic acids is 1. The molecule has 0 rings (SSSR count). The summed E-state index contributed by atoms with van der Waals surface area (Å²) in [5.74, 6) is -1.01. The summed E-state index contributed by atoms with van der Waals surface area (Å²) in [6.45, 7) is 5.81. The second kappa shape index (κ2) is 7.92. The van der Waals surface area contributed by atoms with Crippen molar-refractivity contribution in [1.29, 1.82) is 0 Å². The fourth-order valence-corrected chi connectivity index (χ4v) is 1.68. The smallest absolute Gasteiger partial charge is 0.329 e. The van der Waals surface area contributed by atoms with E-state index in [1.54, 1.807) is 21.0 Å². The van der Waals surface area contributed by atoms with E-state index in [-0.39, 0.29) is 6.04 Å². The molecule has 1 unspecified atom stereocenters. The lowest BCUT2D eigenvalue weighted by Crippen LogP contribution is -2.58. The average Bonchev–Trinajstić information content (AvgIpc) is 2.35. The van der Waals surface area contributed by atoms with Crippen LogP contribution >= 0.6 is 0 Å². The minimum absolute atomic E-state index is 0.116. The van der Waals surface area contributed by atoms with E-state index in [9.17, 15) is 14.7 Å². The van der Waals surface area contributed by atoms with Gasteiger partial charge < -0.3 is 20.5 Å². The topological polar surface area (TPSA) is 87.7 Å². The molecule has 6 nitrogen and oxygen atoms in total. The van der Waals surface area contributed by atoms with E-state index in [4.69, 9.17) is 4.74 Å². The highest BCUT2D eigenvalue weighted by molar-refractivity contribution is 5.86. The largest absolute Gasteiger partial charge is 0.480 e. The van der Waals surface area contributed by atoms with Crippen LogP contribution in [0.2, 0.25) is 0 Å². The summed E-state index contributed by atoms with van der Waals surface area (Å²) in [4.78, 5) is 23.0. The lowest BCUT2D eigenvalue weighted by atomic mass is 9.93. The Bertz CT molecular complexity index is 277. The van der Waals surface area contributed by atoms with Gasteiger partial charge >= 0.3 is 12.0 Å². The van der Waals surface area contributed by atoms with Gasteiger partial charge in [0.1, 0.15) is 5.54 Å². The SMILES string of the molecule is CCC(COC)NC(=O)NC(CC)(CC)C(=O)O. The summed E-state index contributed by atoms with van der Waals surface area (Å²) in [5.41, 5.74) is -1.20. The Morgan fingerprint density at radius 2 is 1.83 bits per heavy atom. The number of hydrogen-bond acceptors (Lipinski definition) is 3. The normalized spacial score (nSPS) is 12.9. The lowest BCUT2D eigenvalue weighted by Gasteiger charge is -2.29. The predicted octanol–water partition coefficient (Wildman–Crippen LogP) is 1.35. The molecule has 0 heterocycles. The molecule has 0 aliphatic heterocycles. The standard InChI is InChI=1S/C12H24N2O4/c1-5-9(8-18-4)13-11(17)14-12(6-2,7-3)10(15)16/h9H,5-8H2,1-4H3,(H,15,16)(H2,13,14,17). The van der Waals surface area contributed by atoms with Crippen molar-refractivity contribution in [3.8, 4) is 0 Å². The van der Waals surface area contributed by atoms with E-state index in [0.717, 1.165) is 6.42 Å². The summed E-state index contributed by atoms with van der Waals surface area (Å²) >= 11 is 0. The monoisotopic (exact) mass is 260 g/mol. The molecule has 0 saturated carbocycles. The molecule has 0 fully saturated rings. The van der Waals surface area contributed by atoms with Crippen molar-refractivity contribution in [2.45, 2.75) is 51.6 Å². The molecule has 0 aliphatic rings. The molecule has 0 spiro atoms. The Kier molecular flexibility index (Phi) is 7.35. The molecule has 0 bridgehead atoms. The van der Waals surface area contributed by atoms with Crippen molar-refractivity contribution in [3.63, 3.8) is 0 Å². The van der Waals surface area contributed by atoms with E-state index in [1.165, 1.54) is 0 Å². The Morgan fingerprint density at radius 3 is 2.17 bits per heavy atom. The first-order valence-corrected chi connectivity index (χ1v) is 6.26. The molecule has 0 radical (unpaired) electrons. The van der Waals surface area contributed by atoms with Crippen molar-refractivity contribution in [2.75, 3.05) is 13.7 Å². The van der Waals surface area contributed by atoms with Crippen LogP contribution in [0.5, 0.6) is 0 Å². The Hall–Kier alpha value is -1.30. The van der Waals surface area contributed by atoms with Crippen LogP contribution < -0.4 is 10.6 Å². The number of rotatable bonds is 8. The number of aliphatic carboxylic acids is 1. The molecular weight excluding hydrogens is 236 g/mol. The summed E-state index contributed by atoms with van der Waals surface area (Å²) < 4.78 is 4.97. The Labute approximate surface area is 108 Å².